The number of ether oxygens (including phenoxy) is 1. The molecule has 0 unspecified atom stereocenters. The van der Waals surface area contributed by atoms with Crippen molar-refractivity contribution in [3.63, 3.8) is 0 Å². The van der Waals surface area contributed by atoms with Crippen molar-refractivity contribution in [3.05, 3.63) is 64.3 Å². The number of furan rings is 1. The van der Waals surface area contributed by atoms with Crippen molar-refractivity contribution in [3.8, 4) is 17.1 Å². The van der Waals surface area contributed by atoms with Crippen LogP contribution in [0.15, 0.2) is 52.9 Å². The SMILES string of the molecule is CCCCC(=O)Nc1ccc(NC(=S)NC(=O)c2ccc(-c3ccc(Cl)cc3Cl)o2)cc1OC. The molecule has 34 heavy (non-hydrogen) atoms. The van der Waals surface area contributed by atoms with Crippen molar-refractivity contribution in [2.24, 2.45) is 0 Å². The van der Waals surface area contributed by atoms with Gasteiger partial charge in [-0.3, -0.25) is 14.9 Å². The van der Waals surface area contributed by atoms with Crippen molar-refractivity contribution < 1.29 is 18.7 Å². The third-order valence-electron chi connectivity index (χ3n) is 4.74. The average Bonchev–Trinajstić information content (AvgIpc) is 3.28. The van der Waals surface area contributed by atoms with Gasteiger partial charge in [-0.1, -0.05) is 36.5 Å². The Morgan fingerprint density at radius 2 is 1.85 bits per heavy atom. The molecule has 0 aliphatic heterocycles. The summed E-state index contributed by atoms with van der Waals surface area (Å²) in [4.78, 5) is 24.6. The van der Waals surface area contributed by atoms with Gasteiger partial charge in [0.1, 0.15) is 11.5 Å². The zero-order valence-electron chi connectivity index (χ0n) is 18.5. The summed E-state index contributed by atoms with van der Waals surface area (Å²) < 4.78 is 11.0. The topological polar surface area (TPSA) is 92.6 Å². The number of benzene rings is 2. The van der Waals surface area contributed by atoms with Crippen LogP contribution in [0.5, 0.6) is 5.75 Å². The van der Waals surface area contributed by atoms with Gasteiger partial charge in [0.2, 0.25) is 5.91 Å². The molecule has 10 heteroatoms. The standard InChI is InChI=1S/C24H23Cl2N3O4S/c1-3-4-5-22(30)28-18-9-7-15(13-21(18)32-2)27-24(34)29-23(31)20-11-10-19(33-20)16-8-6-14(25)12-17(16)26/h6-13H,3-5H2,1-2H3,(H,28,30)(H2,27,29,31,34). The van der Waals surface area contributed by atoms with Crippen LogP contribution in [-0.4, -0.2) is 24.0 Å². The average molecular weight is 520 g/mol. The number of unbranched alkanes of at least 4 members (excludes halogenated alkanes) is 1. The van der Waals surface area contributed by atoms with Gasteiger partial charge in [0.25, 0.3) is 5.91 Å². The van der Waals surface area contributed by atoms with Gasteiger partial charge in [0.15, 0.2) is 10.9 Å². The van der Waals surface area contributed by atoms with E-state index in [0.717, 1.165) is 12.8 Å². The molecule has 0 aliphatic carbocycles. The number of hydrogen-bond donors (Lipinski definition) is 3. The highest BCUT2D eigenvalue weighted by molar-refractivity contribution is 7.80. The fourth-order valence-corrected chi connectivity index (χ4v) is 3.76. The minimum atomic E-state index is -0.527. The summed E-state index contributed by atoms with van der Waals surface area (Å²) >= 11 is 17.4. The molecule has 2 amide bonds. The maximum absolute atomic E-state index is 12.6. The van der Waals surface area contributed by atoms with Gasteiger partial charge in [0.05, 0.1) is 17.8 Å². The molecular formula is C24H23Cl2N3O4S. The molecule has 0 radical (unpaired) electrons. The first-order valence-electron chi connectivity index (χ1n) is 10.5. The molecule has 2 aromatic carbocycles. The summed E-state index contributed by atoms with van der Waals surface area (Å²) in [6.07, 6.45) is 2.19. The summed E-state index contributed by atoms with van der Waals surface area (Å²) in [5, 5.41) is 9.28. The molecular weight excluding hydrogens is 497 g/mol. The Morgan fingerprint density at radius 1 is 1.06 bits per heavy atom. The number of methoxy groups -OCH3 is 1. The molecule has 7 nitrogen and oxygen atoms in total. The Labute approximate surface area is 212 Å². The van der Waals surface area contributed by atoms with Crippen LogP contribution in [0.1, 0.15) is 36.7 Å². The minimum Gasteiger partial charge on any atom is -0.494 e. The summed E-state index contributed by atoms with van der Waals surface area (Å²) in [5.74, 6) is 0.335. The van der Waals surface area contributed by atoms with Crippen LogP contribution < -0.4 is 20.7 Å². The highest BCUT2D eigenvalue weighted by Gasteiger charge is 2.16. The first kappa shape index (κ1) is 25.6. The lowest BCUT2D eigenvalue weighted by atomic mass is 10.2. The largest absolute Gasteiger partial charge is 0.494 e. The lowest BCUT2D eigenvalue weighted by Gasteiger charge is -2.13. The second kappa shape index (κ2) is 11.9. The van der Waals surface area contributed by atoms with Crippen LogP contribution in [0.3, 0.4) is 0 Å². The van der Waals surface area contributed by atoms with E-state index >= 15 is 0 Å². The van der Waals surface area contributed by atoms with E-state index in [-0.39, 0.29) is 16.8 Å². The maximum Gasteiger partial charge on any atom is 0.293 e. The van der Waals surface area contributed by atoms with E-state index in [4.69, 9.17) is 44.6 Å². The Morgan fingerprint density at radius 3 is 2.56 bits per heavy atom. The zero-order chi connectivity index (χ0) is 24.7. The van der Waals surface area contributed by atoms with Crippen LogP contribution in [0.4, 0.5) is 11.4 Å². The monoisotopic (exact) mass is 519 g/mol. The quantitative estimate of drug-likeness (QED) is 0.293. The molecule has 0 spiro atoms. The van der Waals surface area contributed by atoms with Crippen LogP contribution in [0.2, 0.25) is 10.0 Å². The van der Waals surface area contributed by atoms with Crippen LogP contribution in [0, 0.1) is 0 Å². The van der Waals surface area contributed by atoms with Gasteiger partial charge in [-0.15, -0.1) is 0 Å². The van der Waals surface area contributed by atoms with Crippen LogP contribution >= 0.6 is 35.4 Å². The smallest absolute Gasteiger partial charge is 0.293 e. The predicted octanol–water partition coefficient (Wildman–Crippen LogP) is 6.52. The number of carbonyl (C=O) groups excluding carboxylic acids is 2. The first-order valence-corrected chi connectivity index (χ1v) is 11.6. The third kappa shape index (κ3) is 6.72. The lowest BCUT2D eigenvalue weighted by molar-refractivity contribution is -0.116. The third-order valence-corrected chi connectivity index (χ3v) is 5.50. The normalized spacial score (nSPS) is 10.5. The van der Waals surface area contributed by atoms with Gasteiger partial charge in [-0.05, 0) is 61.1 Å². The second-order valence-corrected chi connectivity index (χ2v) is 8.51. The summed E-state index contributed by atoms with van der Waals surface area (Å²) in [6.45, 7) is 2.02. The first-order chi connectivity index (χ1) is 16.3. The number of hydrogen-bond acceptors (Lipinski definition) is 5. The number of amides is 2. The predicted molar refractivity (Wildman–Crippen MR) is 139 cm³/mol. The van der Waals surface area contributed by atoms with E-state index in [9.17, 15) is 9.59 Å². The summed E-state index contributed by atoms with van der Waals surface area (Å²) in [7, 11) is 1.50. The number of anilines is 2. The Bertz CT molecular complexity index is 1210. The number of nitrogens with one attached hydrogen (secondary N) is 3. The molecule has 0 saturated heterocycles. The van der Waals surface area contributed by atoms with E-state index in [0.29, 0.717) is 44.9 Å². The van der Waals surface area contributed by atoms with Crippen LogP contribution in [0.25, 0.3) is 11.3 Å². The van der Waals surface area contributed by atoms with E-state index in [1.807, 2.05) is 6.92 Å². The van der Waals surface area contributed by atoms with Crippen molar-refractivity contribution in [1.82, 2.24) is 5.32 Å². The van der Waals surface area contributed by atoms with Gasteiger partial charge >= 0.3 is 0 Å². The minimum absolute atomic E-state index is 0.0629. The van der Waals surface area contributed by atoms with Crippen molar-refractivity contribution in [2.75, 3.05) is 17.7 Å². The Hall–Kier alpha value is -3.07. The number of carbonyl (C=O) groups is 2. The van der Waals surface area contributed by atoms with Crippen molar-refractivity contribution >= 4 is 63.7 Å². The molecule has 178 valence electrons. The molecule has 0 fully saturated rings. The van der Waals surface area contributed by atoms with Gasteiger partial charge in [-0.2, -0.15) is 0 Å². The fraction of sp³-hybridized carbons (Fsp3) is 0.208. The molecule has 3 N–H and O–H groups in total. The molecule has 3 aromatic rings. The molecule has 1 heterocycles. The number of thiocarbonyl (C=S) groups is 1. The van der Waals surface area contributed by atoms with E-state index in [2.05, 4.69) is 16.0 Å². The van der Waals surface area contributed by atoms with Crippen molar-refractivity contribution in [1.29, 1.82) is 0 Å². The maximum atomic E-state index is 12.6. The molecule has 0 saturated carbocycles. The number of rotatable bonds is 8. The van der Waals surface area contributed by atoms with Gasteiger partial charge in [-0.25, -0.2) is 0 Å². The van der Waals surface area contributed by atoms with Gasteiger partial charge in [0, 0.05) is 28.8 Å². The lowest BCUT2D eigenvalue weighted by Crippen LogP contribution is -2.33. The summed E-state index contributed by atoms with van der Waals surface area (Å²) in [6, 6.07) is 13.2. The van der Waals surface area contributed by atoms with E-state index in [1.54, 1.807) is 42.5 Å². The highest BCUT2D eigenvalue weighted by atomic mass is 35.5. The molecule has 1 aromatic heterocycles. The second-order valence-electron chi connectivity index (χ2n) is 7.26. The molecule has 3 rings (SSSR count). The van der Waals surface area contributed by atoms with Crippen LogP contribution in [-0.2, 0) is 4.79 Å². The Balaban J connectivity index is 1.62. The fourth-order valence-electron chi connectivity index (χ4n) is 3.04. The van der Waals surface area contributed by atoms with Crippen molar-refractivity contribution in [2.45, 2.75) is 26.2 Å². The Kier molecular flexibility index (Phi) is 8.92. The molecule has 0 bridgehead atoms. The summed E-state index contributed by atoms with van der Waals surface area (Å²) in [5.41, 5.74) is 1.73. The van der Waals surface area contributed by atoms with E-state index in [1.165, 1.54) is 13.2 Å². The molecule has 0 atom stereocenters. The van der Waals surface area contributed by atoms with Gasteiger partial charge < -0.3 is 19.8 Å². The zero-order valence-corrected chi connectivity index (χ0v) is 20.9. The number of halogens is 2. The highest BCUT2D eigenvalue weighted by Crippen LogP contribution is 2.32. The van der Waals surface area contributed by atoms with E-state index < -0.39 is 5.91 Å². The molecule has 0 aliphatic rings.